The Bertz CT molecular complexity index is 619. The van der Waals surface area contributed by atoms with Crippen molar-refractivity contribution < 1.29 is 4.57 Å². The third-order valence-corrected chi connectivity index (χ3v) is 5.99. The van der Waals surface area contributed by atoms with Gasteiger partial charge in [-0.25, -0.2) is 0 Å². The lowest BCUT2D eigenvalue weighted by atomic mass is 10.0. The number of aromatic nitrogens is 1. The first-order valence-corrected chi connectivity index (χ1v) is 12.5. The summed E-state index contributed by atoms with van der Waals surface area (Å²) < 4.78 is 2.24. The number of pyridine rings is 1. The molecule has 1 aromatic heterocycles. The van der Waals surface area contributed by atoms with E-state index in [1.165, 1.54) is 114 Å². The predicted molar refractivity (Wildman–Crippen MR) is 127 cm³/mol. The van der Waals surface area contributed by atoms with Crippen LogP contribution in [0, 0.1) is 0 Å². The third-order valence-electron chi connectivity index (χ3n) is 5.99. The van der Waals surface area contributed by atoms with Crippen LogP contribution in [0.1, 0.15) is 109 Å². The summed E-state index contributed by atoms with van der Waals surface area (Å²) in [5.41, 5.74) is 2.69. The minimum Gasteiger partial charge on any atom is -0.167 e. The molecule has 29 heavy (non-hydrogen) atoms. The largest absolute Gasteiger partial charge is 0.210 e. The molecule has 0 fully saturated rings. The number of hydrogen-bond acceptors (Lipinski definition) is 0. The highest BCUT2D eigenvalue weighted by Crippen LogP contribution is 2.14. The molecule has 2 rings (SSSR count). The Hall–Kier alpha value is -1.63. The summed E-state index contributed by atoms with van der Waals surface area (Å²) in [5.74, 6) is 0. The van der Waals surface area contributed by atoms with Gasteiger partial charge in [-0.05, 0) is 18.9 Å². The fraction of sp³-hybridized carbons (Fsp3) is 0.607. The van der Waals surface area contributed by atoms with Crippen LogP contribution in [0.25, 0.3) is 5.69 Å². The first kappa shape index (κ1) is 23.6. The lowest BCUT2D eigenvalue weighted by Gasteiger charge is -2.04. The molecule has 0 aliphatic rings. The van der Waals surface area contributed by atoms with Gasteiger partial charge in [-0.15, -0.1) is 0 Å². The normalized spacial score (nSPS) is 11.1. The maximum absolute atomic E-state index is 2.30. The van der Waals surface area contributed by atoms with E-state index in [0.717, 1.165) is 0 Å². The Kier molecular flexibility index (Phi) is 13.2. The van der Waals surface area contributed by atoms with Gasteiger partial charge in [0.25, 0.3) is 0 Å². The van der Waals surface area contributed by atoms with Gasteiger partial charge in [0.05, 0.1) is 0 Å². The standard InChI is InChI=1S/C28H44N/c1-2-3-4-5-6-7-8-9-10-11-12-13-14-15-17-21-27-22-20-25-29(26-27)28-23-18-16-19-24-28/h16,18-20,22-26H,2-15,17,21H2,1H3/q+1. The second kappa shape index (κ2) is 16.2. The van der Waals surface area contributed by atoms with E-state index < -0.39 is 0 Å². The molecule has 0 amide bonds. The van der Waals surface area contributed by atoms with Crippen LogP contribution in [-0.4, -0.2) is 0 Å². The van der Waals surface area contributed by atoms with Crippen molar-refractivity contribution in [2.45, 2.75) is 110 Å². The van der Waals surface area contributed by atoms with Crippen LogP contribution in [0.5, 0.6) is 0 Å². The highest BCUT2D eigenvalue weighted by atomic mass is 14.9. The zero-order chi connectivity index (χ0) is 20.4. The van der Waals surface area contributed by atoms with Crippen molar-refractivity contribution in [3.63, 3.8) is 0 Å². The van der Waals surface area contributed by atoms with Gasteiger partial charge < -0.3 is 0 Å². The number of rotatable bonds is 17. The molecule has 0 aliphatic carbocycles. The maximum Gasteiger partial charge on any atom is 0.210 e. The van der Waals surface area contributed by atoms with Crippen molar-refractivity contribution in [1.29, 1.82) is 0 Å². The topological polar surface area (TPSA) is 3.88 Å². The van der Waals surface area contributed by atoms with Gasteiger partial charge in [-0.3, -0.25) is 0 Å². The van der Waals surface area contributed by atoms with Crippen LogP contribution >= 0.6 is 0 Å². The smallest absolute Gasteiger partial charge is 0.167 e. The lowest BCUT2D eigenvalue weighted by Crippen LogP contribution is -2.29. The summed E-state index contributed by atoms with van der Waals surface area (Å²) in [6.07, 6.45) is 27.1. The van der Waals surface area contributed by atoms with E-state index in [2.05, 4.69) is 66.3 Å². The number of aryl methyl sites for hydroxylation is 1. The molecule has 1 heteroatoms. The SMILES string of the molecule is CCCCCCCCCCCCCCCCCc1ccc[n+](-c2ccccc2)c1. The molecule has 0 N–H and O–H groups in total. The van der Waals surface area contributed by atoms with Crippen LogP contribution in [-0.2, 0) is 6.42 Å². The summed E-state index contributed by atoms with van der Waals surface area (Å²) >= 11 is 0. The minimum atomic E-state index is 1.20. The van der Waals surface area contributed by atoms with Crippen molar-refractivity contribution in [2.75, 3.05) is 0 Å². The van der Waals surface area contributed by atoms with Crippen molar-refractivity contribution in [3.05, 3.63) is 60.4 Å². The molecule has 0 saturated carbocycles. The number of unbranched alkanes of at least 4 members (excludes halogenated alkanes) is 14. The van der Waals surface area contributed by atoms with E-state index in [4.69, 9.17) is 0 Å². The van der Waals surface area contributed by atoms with Gasteiger partial charge in [0.1, 0.15) is 0 Å². The number of para-hydroxylation sites is 1. The molecular formula is C28H44N+. The van der Waals surface area contributed by atoms with Gasteiger partial charge in [0, 0.05) is 23.8 Å². The molecule has 2 aromatic rings. The lowest BCUT2D eigenvalue weighted by molar-refractivity contribution is -0.596. The number of hydrogen-bond donors (Lipinski definition) is 0. The average Bonchev–Trinajstić information content (AvgIpc) is 2.77. The molecule has 0 aliphatic heterocycles. The summed E-state index contributed by atoms with van der Waals surface area (Å²) in [4.78, 5) is 0. The van der Waals surface area contributed by atoms with Crippen molar-refractivity contribution in [1.82, 2.24) is 0 Å². The van der Waals surface area contributed by atoms with Crippen molar-refractivity contribution >= 4 is 0 Å². The number of benzene rings is 1. The maximum atomic E-state index is 2.30. The highest BCUT2D eigenvalue weighted by Gasteiger charge is 2.05. The van der Waals surface area contributed by atoms with E-state index in [0.29, 0.717) is 0 Å². The van der Waals surface area contributed by atoms with E-state index in [-0.39, 0.29) is 0 Å². The molecule has 1 heterocycles. The summed E-state index contributed by atoms with van der Waals surface area (Å²) in [6, 6.07) is 15.0. The first-order chi connectivity index (χ1) is 14.4. The van der Waals surface area contributed by atoms with Crippen LogP contribution < -0.4 is 4.57 Å². The number of nitrogens with zero attached hydrogens (tertiary/aromatic N) is 1. The fourth-order valence-electron chi connectivity index (χ4n) is 4.13. The van der Waals surface area contributed by atoms with Gasteiger partial charge in [0.2, 0.25) is 5.69 Å². The molecule has 0 radical (unpaired) electrons. The Morgan fingerprint density at radius 2 is 1.07 bits per heavy atom. The predicted octanol–water partition coefficient (Wildman–Crippen LogP) is 8.38. The summed E-state index contributed by atoms with van der Waals surface area (Å²) in [7, 11) is 0. The molecule has 160 valence electrons. The van der Waals surface area contributed by atoms with E-state index in [1.54, 1.807) is 0 Å². The Morgan fingerprint density at radius 3 is 1.62 bits per heavy atom. The Labute approximate surface area is 180 Å². The Balaban J connectivity index is 1.42. The van der Waals surface area contributed by atoms with Crippen LogP contribution in [0.4, 0.5) is 0 Å². The molecular weight excluding hydrogens is 350 g/mol. The summed E-state index contributed by atoms with van der Waals surface area (Å²) in [5, 5.41) is 0. The van der Waals surface area contributed by atoms with E-state index in [9.17, 15) is 0 Å². The zero-order valence-corrected chi connectivity index (χ0v) is 19.0. The quantitative estimate of drug-likeness (QED) is 0.187. The monoisotopic (exact) mass is 394 g/mol. The molecule has 1 aromatic carbocycles. The van der Waals surface area contributed by atoms with Crippen LogP contribution in [0.3, 0.4) is 0 Å². The fourth-order valence-corrected chi connectivity index (χ4v) is 4.13. The van der Waals surface area contributed by atoms with Crippen LogP contribution in [0.2, 0.25) is 0 Å². The minimum absolute atomic E-state index is 1.20. The van der Waals surface area contributed by atoms with Crippen molar-refractivity contribution in [2.24, 2.45) is 0 Å². The Morgan fingerprint density at radius 1 is 0.552 bits per heavy atom. The first-order valence-electron chi connectivity index (χ1n) is 12.5. The molecule has 0 spiro atoms. The van der Waals surface area contributed by atoms with E-state index in [1.807, 2.05) is 0 Å². The van der Waals surface area contributed by atoms with Crippen LogP contribution in [0.15, 0.2) is 54.9 Å². The van der Waals surface area contributed by atoms with Crippen molar-refractivity contribution in [3.8, 4) is 5.69 Å². The zero-order valence-electron chi connectivity index (χ0n) is 19.0. The molecule has 0 bridgehead atoms. The second-order valence-corrected chi connectivity index (χ2v) is 8.65. The van der Waals surface area contributed by atoms with Gasteiger partial charge in [-0.2, -0.15) is 4.57 Å². The highest BCUT2D eigenvalue weighted by molar-refractivity contribution is 5.22. The molecule has 0 atom stereocenters. The van der Waals surface area contributed by atoms with E-state index >= 15 is 0 Å². The van der Waals surface area contributed by atoms with Gasteiger partial charge in [-0.1, -0.05) is 115 Å². The molecule has 1 nitrogen and oxygen atoms in total. The molecule has 0 unspecified atom stereocenters. The third kappa shape index (κ3) is 11.2. The summed E-state index contributed by atoms with van der Waals surface area (Å²) in [6.45, 7) is 2.30. The molecule has 0 saturated heterocycles. The van der Waals surface area contributed by atoms with Gasteiger partial charge >= 0.3 is 0 Å². The average molecular weight is 395 g/mol. The van der Waals surface area contributed by atoms with Gasteiger partial charge in [0.15, 0.2) is 12.4 Å². The second-order valence-electron chi connectivity index (χ2n) is 8.65.